The summed E-state index contributed by atoms with van der Waals surface area (Å²) in [6, 6.07) is 6.66. The fourth-order valence-corrected chi connectivity index (χ4v) is 2.16. The molecule has 0 amide bonds. The normalized spacial score (nSPS) is 12.3. The number of benzene rings is 1. The van der Waals surface area contributed by atoms with E-state index < -0.39 is 17.8 Å². The summed E-state index contributed by atoms with van der Waals surface area (Å²) < 4.78 is 43.8. The molecular weight excluding hydrogens is 337 g/mol. The second-order valence-electron chi connectivity index (χ2n) is 5.18. The Morgan fingerprint density at radius 3 is 2.64 bits per heavy atom. The van der Waals surface area contributed by atoms with Crippen LogP contribution in [0, 0.1) is 11.3 Å². The second-order valence-corrected chi connectivity index (χ2v) is 5.18. The van der Waals surface area contributed by atoms with Crippen LogP contribution in [-0.4, -0.2) is 41.4 Å². The van der Waals surface area contributed by atoms with Crippen LogP contribution in [-0.2, 0) is 6.18 Å². The Labute approximate surface area is 142 Å². The summed E-state index contributed by atoms with van der Waals surface area (Å²) in [6.45, 7) is -0.346. The first-order valence-corrected chi connectivity index (χ1v) is 7.22. The predicted octanol–water partition coefficient (Wildman–Crippen LogP) is 2.24. The van der Waals surface area contributed by atoms with Crippen LogP contribution in [0.15, 0.2) is 36.7 Å². The van der Waals surface area contributed by atoms with Gasteiger partial charge in [0.05, 0.1) is 5.56 Å². The van der Waals surface area contributed by atoms with Gasteiger partial charge in [-0.15, -0.1) is 0 Å². The van der Waals surface area contributed by atoms with Crippen LogP contribution in [0.2, 0.25) is 0 Å². The van der Waals surface area contributed by atoms with Gasteiger partial charge >= 0.3 is 6.18 Å². The maximum absolute atomic E-state index is 12.9. The van der Waals surface area contributed by atoms with Crippen LogP contribution < -0.4 is 9.64 Å². The van der Waals surface area contributed by atoms with Gasteiger partial charge in [0.1, 0.15) is 24.5 Å². The number of alkyl halides is 3. The van der Waals surface area contributed by atoms with Gasteiger partial charge in [0.15, 0.2) is 11.5 Å². The number of para-hydroxylation sites is 1. The average molecular weight is 352 g/mol. The monoisotopic (exact) mass is 352 g/mol. The summed E-state index contributed by atoms with van der Waals surface area (Å²) in [5.74, 6) is -0.0892. The lowest BCUT2D eigenvalue weighted by Crippen LogP contribution is -2.34. The Morgan fingerprint density at radius 2 is 1.96 bits per heavy atom. The summed E-state index contributed by atoms with van der Waals surface area (Å²) in [7, 11) is 1.58. The van der Waals surface area contributed by atoms with Crippen LogP contribution >= 0.6 is 0 Å². The van der Waals surface area contributed by atoms with Gasteiger partial charge in [-0.05, 0) is 12.1 Å². The van der Waals surface area contributed by atoms with Crippen molar-refractivity contribution in [3.05, 3.63) is 47.9 Å². The lowest BCUT2D eigenvalue weighted by molar-refractivity contribution is -0.139. The van der Waals surface area contributed by atoms with E-state index in [4.69, 9.17) is 10.00 Å². The van der Waals surface area contributed by atoms with Crippen LogP contribution in [0.5, 0.6) is 5.75 Å². The number of nitrogens with zero attached hydrogens (tertiary/aromatic N) is 4. The maximum atomic E-state index is 12.9. The number of hydrogen-bond acceptors (Lipinski definition) is 6. The van der Waals surface area contributed by atoms with E-state index in [0.717, 1.165) is 6.07 Å². The van der Waals surface area contributed by atoms with Crippen molar-refractivity contribution >= 4 is 5.82 Å². The molecule has 9 heteroatoms. The number of aromatic nitrogens is 2. The number of aliphatic hydroxyl groups is 1. The smallest absolute Gasteiger partial charge is 0.419 e. The molecule has 0 aliphatic heterocycles. The Hall–Kier alpha value is -2.86. The van der Waals surface area contributed by atoms with E-state index in [9.17, 15) is 18.3 Å². The van der Waals surface area contributed by atoms with Gasteiger partial charge in [-0.25, -0.2) is 9.97 Å². The van der Waals surface area contributed by atoms with Crippen LogP contribution in [0.25, 0.3) is 0 Å². The van der Waals surface area contributed by atoms with Crippen molar-refractivity contribution in [2.24, 2.45) is 0 Å². The molecule has 0 aliphatic carbocycles. The molecule has 0 aliphatic rings. The van der Waals surface area contributed by atoms with E-state index in [2.05, 4.69) is 9.97 Å². The number of anilines is 1. The van der Waals surface area contributed by atoms with E-state index in [1.54, 1.807) is 7.05 Å². The lowest BCUT2D eigenvalue weighted by atomic mass is 10.2. The largest absolute Gasteiger partial charge is 0.490 e. The van der Waals surface area contributed by atoms with Gasteiger partial charge in [0.25, 0.3) is 0 Å². The molecule has 132 valence electrons. The van der Waals surface area contributed by atoms with Gasteiger partial charge in [0, 0.05) is 26.0 Å². The van der Waals surface area contributed by atoms with Crippen molar-refractivity contribution in [2.75, 3.05) is 25.1 Å². The molecule has 1 atom stereocenters. The third-order valence-electron chi connectivity index (χ3n) is 3.25. The minimum atomic E-state index is -4.54. The highest BCUT2D eigenvalue weighted by Gasteiger charge is 2.34. The van der Waals surface area contributed by atoms with Crippen LogP contribution in [0.4, 0.5) is 19.0 Å². The minimum absolute atomic E-state index is 0.00155. The standard InChI is InChI=1S/C16H15F3N4O2/c1-23(15-13(8-20)21-6-7-22-15)9-11(24)10-25-14-5-3-2-4-12(14)16(17,18)19/h2-7,11,24H,9-10H2,1H3. The van der Waals surface area contributed by atoms with Crippen LogP contribution in [0.3, 0.4) is 0 Å². The number of hydrogen-bond donors (Lipinski definition) is 1. The molecule has 0 saturated heterocycles. The molecular formula is C16H15F3N4O2. The first kappa shape index (κ1) is 18.5. The zero-order valence-corrected chi connectivity index (χ0v) is 13.2. The van der Waals surface area contributed by atoms with E-state index in [1.807, 2.05) is 6.07 Å². The maximum Gasteiger partial charge on any atom is 0.419 e. The molecule has 0 saturated carbocycles. The SMILES string of the molecule is CN(CC(O)COc1ccccc1C(F)(F)F)c1nccnc1C#N. The Kier molecular flexibility index (Phi) is 5.77. The van der Waals surface area contributed by atoms with Crippen molar-refractivity contribution in [2.45, 2.75) is 12.3 Å². The average Bonchev–Trinajstić information content (AvgIpc) is 2.59. The molecule has 0 radical (unpaired) electrons. The van der Waals surface area contributed by atoms with E-state index in [0.29, 0.717) is 0 Å². The van der Waals surface area contributed by atoms with Crippen molar-refractivity contribution in [3.63, 3.8) is 0 Å². The number of ether oxygens (including phenoxy) is 1. The Balaban J connectivity index is 2.00. The molecule has 2 rings (SSSR count). The highest BCUT2D eigenvalue weighted by molar-refractivity contribution is 5.48. The Morgan fingerprint density at radius 1 is 1.28 bits per heavy atom. The highest BCUT2D eigenvalue weighted by atomic mass is 19.4. The molecule has 6 nitrogen and oxygen atoms in total. The highest BCUT2D eigenvalue weighted by Crippen LogP contribution is 2.35. The number of aliphatic hydroxyl groups excluding tert-OH is 1. The summed E-state index contributed by atoms with van der Waals surface area (Å²) >= 11 is 0. The molecule has 1 aromatic heterocycles. The molecule has 25 heavy (non-hydrogen) atoms. The fraction of sp³-hybridized carbons (Fsp3) is 0.312. The van der Waals surface area contributed by atoms with Gasteiger partial charge < -0.3 is 14.7 Å². The van der Waals surface area contributed by atoms with Crippen LogP contribution in [0.1, 0.15) is 11.3 Å². The van der Waals surface area contributed by atoms with E-state index in [-0.39, 0.29) is 30.4 Å². The van der Waals surface area contributed by atoms with E-state index in [1.165, 1.54) is 35.5 Å². The van der Waals surface area contributed by atoms with Gasteiger partial charge in [-0.3, -0.25) is 0 Å². The molecule has 1 heterocycles. The summed E-state index contributed by atoms with van der Waals surface area (Å²) in [6.07, 6.45) is -2.88. The van der Waals surface area contributed by atoms with Gasteiger partial charge in [-0.1, -0.05) is 12.1 Å². The zero-order valence-electron chi connectivity index (χ0n) is 13.2. The second kappa shape index (κ2) is 7.81. The van der Waals surface area contributed by atoms with Crippen molar-refractivity contribution in [1.29, 1.82) is 5.26 Å². The topological polar surface area (TPSA) is 82.3 Å². The molecule has 1 N–H and O–H groups in total. The van der Waals surface area contributed by atoms with Crippen molar-refractivity contribution < 1.29 is 23.0 Å². The third-order valence-corrected chi connectivity index (χ3v) is 3.25. The number of likely N-dealkylation sites (N-methyl/N-ethyl adjacent to an activating group) is 1. The zero-order chi connectivity index (χ0) is 18.4. The molecule has 0 fully saturated rings. The predicted molar refractivity (Wildman–Crippen MR) is 83.0 cm³/mol. The molecule has 2 aromatic rings. The van der Waals surface area contributed by atoms with Crippen molar-refractivity contribution in [3.8, 4) is 11.8 Å². The summed E-state index contributed by atoms with van der Waals surface area (Å²) in [4.78, 5) is 9.34. The van der Waals surface area contributed by atoms with Gasteiger partial charge in [0.2, 0.25) is 0 Å². The summed E-state index contributed by atoms with van der Waals surface area (Å²) in [5, 5.41) is 19.0. The Bertz CT molecular complexity index is 762. The molecule has 1 aromatic carbocycles. The fourth-order valence-electron chi connectivity index (χ4n) is 2.16. The quantitative estimate of drug-likeness (QED) is 0.859. The van der Waals surface area contributed by atoms with E-state index >= 15 is 0 Å². The molecule has 1 unspecified atom stereocenters. The van der Waals surface area contributed by atoms with Crippen molar-refractivity contribution in [1.82, 2.24) is 9.97 Å². The molecule has 0 bridgehead atoms. The number of rotatable bonds is 6. The molecule has 0 spiro atoms. The number of nitriles is 1. The van der Waals surface area contributed by atoms with Gasteiger partial charge in [-0.2, -0.15) is 18.4 Å². The summed E-state index contributed by atoms with van der Waals surface area (Å²) in [5.41, 5.74) is -0.822. The number of halogens is 3. The third kappa shape index (κ3) is 4.81. The minimum Gasteiger partial charge on any atom is -0.490 e. The lowest BCUT2D eigenvalue weighted by Gasteiger charge is -2.22. The first-order chi connectivity index (χ1) is 11.8. The first-order valence-electron chi connectivity index (χ1n) is 7.22.